The number of carboxylic acid groups (broad SMARTS) is 1. The fraction of sp³-hybridized carbons (Fsp3) is 0.200. The highest BCUT2D eigenvalue weighted by Gasteiger charge is 2.22. The molecule has 0 saturated heterocycles. The lowest BCUT2D eigenvalue weighted by atomic mass is 9.89. The van der Waals surface area contributed by atoms with Gasteiger partial charge in [-0.3, -0.25) is 4.79 Å². The lowest BCUT2D eigenvalue weighted by Gasteiger charge is -2.16. The van der Waals surface area contributed by atoms with Gasteiger partial charge in [0.25, 0.3) is 5.91 Å². The molecule has 0 atom stereocenters. The van der Waals surface area contributed by atoms with Crippen molar-refractivity contribution in [1.29, 1.82) is 0 Å². The third-order valence-corrected chi connectivity index (χ3v) is 4.91. The number of amides is 1. The van der Waals surface area contributed by atoms with Gasteiger partial charge in [0.1, 0.15) is 0 Å². The Bertz CT molecular complexity index is 1000. The van der Waals surface area contributed by atoms with Gasteiger partial charge >= 0.3 is 5.97 Å². The SMILES string of the molecule is COCCNC(=O)c1cccc2c(CBr)c3ccccc3c(C(=O)O)c12. The van der Waals surface area contributed by atoms with E-state index in [9.17, 15) is 14.7 Å². The molecule has 2 N–H and O–H groups in total. The minimum atomic E-state index is -1.05. The summed E-state index contributed by atoms with van der Waals surface area (Å²) in [6, 6.07) is 12.7. The smallest absolute Gasteiger partial charge is 0.336 e. The van der Waals surface area contributed by atoms with E-state index in [1.807, 2.05) is 18.2 Å². The van der Waals surface area contributed by atoms with Crippen molar-refractivity contribution in [2.75, 3.05) is 20.3 Å². The first-order chi connectivity index (χ1) is 12.6. The number of fused-ring (bicyclic) bond motifs is 2. The zero-order chi connectivity index (χ0) is 18.7. The van der Waals surface area contributed by atoms with Crippen molar-refractivity contribution in [2.24, 2.45) is 0 Å². The Morgan fingerprint density at radius 1 is 1.08 bits per heavy atom. The minimum absolute atomic E-state index is 0.151. The Morgan fingerprint density at radius 3 is 2.42 bits per heavy atom. The molecule has 0 aliphatic rings. The van der Waals surface area contributed by atoms with Crippen molar-refractivity contribution in [2.45, 2.75) is 5.33 Å². The summed E-state index contributed by atoms with van der Waals surface area (Å²) in [6.07, 6.45) is 0. The Hall–Kier alpha value is -2.44. The van der Waals surface area contributed by atoms with Crippen molar-refractivity contribution in [3.8, 4) is 0 Å². The molecule has 0 fully saturated rings. The van der Waals surface area contributed by atoms with E-state index >= 15 is 0 Å². The third kappa shape index (κ3) is 3.18. The van der Waals surface area contributed by atoms with Gasteiger partial charge in [0.15, 0.2) is 0 Å². The fourth-order valence-electron chi connectivity index (χ4n) is 3.23. The molecule has 134 valence electrons. The molecule has 3 rings (SSSR count). The molecule has 1 amide bonds. The van der Waals surface area contributed by atoms with Crippen molar-refractivity contribution in [3.63, 3.8) is 0 Å². The number of hydrogen-bond donors (Lipinski definition) is 2. The summed E-state index contributed by atoms with van der Waals surface area (Å²) in [4.78, 5) is 24.8. The average Bonchev–Trinajstić information content (AvgIpc) is 2.65. The van der Waals surface area contributed by atoms with Crippen LogP contribution < -0.4 is 5.32 Å². The number of methoxy groups -OCH3 is 1. The zero-order valence-electron chi connectivity index (χ0n) is 14.2. The predicted molar refractivity (Wildman–Crippen MR) is 105 cm³/mol. The Kier molecular flexibility index (Phi) is 5.54. The normalized spacial score (nSPS) is 11.0. The lowest BCUT2D eigenvalue weighted by Crippen LogP contribution is -2.27. The molecule has 0 bridgehead atoms. The second kappa shape index (κ2) is 7.85. The van der Waals surface area contributed by atoms with E-state index in [1.54, 1.807) is 31.4 Å². The molecule has 0 heterocycles. The number of carbonyl (C=O) groups is 2. The van der Waals surface area contributed by atoms with Gasteiger partial charge in [-0.05, 0) is 27.8 Å². The largest absolute Gasteiger partial charge is 0.478 e. The van der Waals surface area contributed by atoms with E-state index in [0.717, 1.165) is 16.3 Å². The highest BCUT2D eigenvalue weighted by molar-refractivity contribution is 9.08. The molecule has 0 aromatic heterocycles. The number of benzene rings is 3. The van der Waals surface area contributed by atoms with Gasteiger partial charge in [-0.2, -0.15) is 0 Å². The van der Waals surface area contributed by atoms with Gasteiger partial charge in [-0.15, -0.1) is 0 Å². The van der Waals surface area contributed by atoms with Crippen molar-refractivity contribution < 1.29 is 19.4 Å². The topological polar surface area (TPSA) is 75.6 Å². The molecule has 0 aliphatic heterocycles. The maximum Gasteiger partial charge on any atom is 0.336 e. The molecular formula is C20H18BrNO4. The number of alkyl halides is 1. The first kappa shape index (κ1) is 18.4. The first-order valence-electron chi connectivity index (χ1n) is 8.12. The second-order valence-electron chi connectivity index (χ2n) is 5.81. The van der Waals surface area contributed by atoms with Crippen LogP contribution in [0.4, 0.5) is 0 Å². The molecule has 3 aromatic carbocycles. The zero-order valence-corrected chi connectivity index (χ0v) is 15.8. The van der Waals surface area contributed by atoms with E-state index in [-0.39, 0.29) is 11.5 Å². The number of aromatic carboxylic acids is 1. The number of rotatable bonds is 6. The predicted octanol–water partition coefficient (Wildman–Crippen LogP) is 3.96. The van der Waals surface area contributed by atoms with Crippen LogP contribution in [0.2, 0.25) is 0 Å². The standard InChI is InChI=1S/C20H18BrNO4/c1-26-10-9-22-19(23)15-8-4-7-14-16(11-21)12-5-2-3-6-13(12)18(17(14)15)20(24)25/h2-8H,9-11H2,1H3,(H,22,23)(H,24,25). The molecule has 5 nitrogen and oxygen atoms in total. The van der Waals surface area contributed by atoms with E-state index in [4.69, 9.17) is 4.74 Å². The van der Waals surface area contributed by atoms with E-state index in [2.05, 4.69) is 21.2 Å². The van der Waals surface area contributed by atoms with Crippen LogP contribution in [0.1, 0.15) is 26.3 Å². The van der Waals surface area contributed by atoms with Crippen molar-refractivity contribution in [1.82, 2.24) is 5.32 Å². The summed E-state index contributed by atoms with van der Waals surface area (Å²) < 4.78 is 4.96. The minimum Gasteiger partial charge on any atom is -0.478 e. The van der Waals surface area contributed by atoms with Crippen LogP contribution in [0.5, 0.6) is 0 Å². The molecule has 6 heteroatoms. The number of hydrogen-bond acceptors (Lipinski definition) is 3. The van der Waals surface area contributed by atoms with E-state index in [0.29, 0.717) is 34.8 Å². The van der Waals surface area contributed by atoms with Crippen LogP contribution in [-0.2, 0) is 10.1 Å². The molecule has 0 saturated carbocycles. The Labute approximate surface area is 159 Å². The number of ether oxygens (including phenoxy) is 1. The molecule has 0 spiro atoms. The van der Waals surface area contributed by atoms with Crippen molar-refractivity contribution >= 4 is 49.4 Å². The molecule has 0 radical (unpaired) electrons. The molecule has 0 unspecified atom stereocenters. The Balaban J connectivity index is 2.36. The number of carbonyl (C=O) groups excluding carboxylic acids is 1. The quantitative estimate of drug-likeness (QED) is 0.362. The van der Waals surface area contributed by atoms with E-state index in [1.165, 1.54) is 0 Å². The summed E-state index contributed by atoms with van der Waals surface area (Å²) in [5.74, 6) is -1.37. The van der Waals surface area contributed by atoms with Gasteiger partial charge in [0.2, 0.25) is 0 Å². The average molecular weight is 416 g/mol. The van der Waals surface area contributed by atoms with Crippen LogP contribution in [0.25, 0.3) is 21.5 Å². The van der Waals surface area contributed by atoms with Gasteiger partial charge < -0.3 is 15.2 Å². The Morgan fingerprint density at radius 2 is 1.77 bits per heavy atom. The molecule has 26 heavy (non-hydrogen) atoms. The summed E-state index contributed by atoms with van der Waals surface area (Å²) >= 11 is 3.51. The summed E-state index contributed by atoms with van der Waals surface area (Å²) in [7, 11) is 1.56. The number of carboxylic acids is 1. The van der Waals surface area contributed by atoms with Crippen molar-refractivity contribution in [3.05, 3.63) is 59.2 Å². The van der Waals surface area contributed by atoms with Crippen LogP contribution in [-0.4, -0.2) is 37.2 Å². The third-order valence-electron chi connectivity index (χ3n) is 4.34. The molecular weight excluding hydrogens is 398 g/mol. The fourth-order valence-corrected chi connectivity index (χ4v) is 3.84. The highest BCUT2D eigenvalue weighted by Crippen LogP contribution is 2.36. The maximum absolute atomic E-state index is 12.7. The summed E-state index contributed by atoms with van der Waals surface area (Å²) in [6.45, 7) is 0.741. The maximum atomic E-state index is 12.7. The first-order valence-corrected chi connectivity index (χ1v) is 9.25. The van der Waals surface area contributed by atoms with Crippen LogP contribution in [0, 0.1) is 0 Å². The summed E-state index contributed by atoms with van der Waals surface area (Å²) in [5.41, 5.74) is 1.47. The van der Waals surface area contributed by atoms with Gasteiger partial charge in [-0.1, -0.05) is 52.3 Å². The van der Waals surface area contributed by atoms with Crippen LogP contribution in [0.3, 0.4) is 0 Å². The molecule has 3 aromatic rings. The summed E-state index contributed by atoms with van der Waals surface area (Å²) in [5, 5.41) is 15.9. The molecule has 0 aliphatic carbocycles. The lowest BCUT2D eigenvalue weighted by molar-refractivity contribution is 0.0701. The van der Waals surface area contributed by atoms with E-state index < -0.39 is 5.97 Å². The number of nitrogens with one attached hydrogen (secondary N) is 1. The monoisotopic (exact) mass is 415 g/mol. The highest BCUT2D eigenvalue weighted by atomic mass is 79.9. The van der Waals surface area contributed by atoms with Gasteiger partial charge in [0, 0.05) is 29.9 Å². The van der Waals surface area contributed by atoms with Gasteiger partial charge in [-0.25, -0.2) is 4.79 Å². The van der Waals surface area contributed by atoms with Crippen LogP contribution >= 0.6 is 15.9 Å². The second-order valence-corrected chi connectivity index (χ2v) is 6.38. The van der Waals surface area contributed by atoms with Crippen LogP contribution in [0.15, 0.2) is 42.5 Å². The van der Waals surface area contributed by atoms with Gasteiger partial charge in [0.05, 0.1) is 12.2 Å². The number of halogens is 1.